The van der Waals surface area contributed by atoms with E-state index in [0.29, 0.717) is 30.1 Å². The number of amidine groups is 1. The van der Waals surface area contributed by atoms with E-state index in [1.807, 2.05) is 6.07 Å². The Labute approximate surface area is 609 Å². The molecule has 4 aromatic carbocycles. The number of carbonyl (C=O) groups excluding carboxylic acids is 4. The molecule has 2 N–H and O–H groups in total. The molecule has 8 unspecified atom stereocenters. The van der Waals surface area contributed by atoms with Gasteiger partial charge in [0.25, 0.3) is 0 Å². The third-order valence-electron chi connectivity index (χ3n) is 16.3. The molecule has 95 heavy (non-hydrogen) atoms. The minimum absolute atomic E-state index is 0. The Kier molecular flexibility index (Phi) is 49.7. The zero-order valence-corrected chi connectivity index (χ0v) is 63.8. The number of nitrogens with zero attached hydrogens (tertiary/aromatic N) is 2. The molecular formula is C79H115BCl2N2O10U. The molecule has 2 radical (unpaired) electrons. The molecule has 3 aliphatic heterocycles. The number of aliphatic hydroxyl groups is 2. The summed E-state index contributed by atoms with van der Waals surface area (Å²) in [5, 5.41) is 18.9. The first-order valence-electron chi connectivity index (χ1n) is 34.1. The number of allylic oxidation sites excluding steroid dienone is 8. The fourth-order valence-corrected chi connectivity index (χ4v) is 11.1. The molecule has 4 aromatic rings. The predicted octanol–water partition coefficient (Wildman–Crippen LogP) is 18.4. The smallest absolute Gasteiger partial charge is 0.347 e. The molecule has 12 nitrogen and oxygen atoms in total. The summed E-state index contributed by atoms with van der Waals surface area (Å²) in [5.41, 5.74) is 11.1. The van der Waals surface area contributed by atoms with E-state index in [-0.39, 0.29) is 57.1 Å². The van der Waals surface area contributed by atoms with E-state index in [4.69, 9.17) is 34.0 Å². The summed E-state index contributed by atoms with van der Waals surface area (Å²) in [7, 11) is 3.75. The Hall–Kier alpha value is -5.19. The summed E-state index contributed by atoms with van der Waals surface area (Å²) < 4.78 is 24.8. The van der Waals surface area contributed by atoms with Gasteiger partial charge in [-0.1, -0.05) is 182 Å². The van der Waals surface area contributed by atoms with Crippen LogP contribution in [0.4, 0.5) is 0 Å². The second kappa shape index (κ2) is 53.8. The number of cyclic esters (lactones) is 2. The number of rotatable bonds is 28. The molecule has 0 saturated carbocycles. The van der Waals surface area contributed by atoms with E-state index in [2.05, 4.69) is 209 Å². The minimum atomic E-state index is -1.28. The molecule has 0 spiro atoms. The van der Waals surface area contributed by atoms with Crippen molar-refractivity contribution in [3.8, 4) is 0 Å². The monoisotopic (exact) mass is 1570 g/mol. The maximum Gasteiger partial charge on any atom is 0.347 e. The maximum absolute atomic E-state index is 12.2. The molecule has 3 aliphatic rings. The van der Waals surface area contributed by atoms with Gasteiger partial charge in [-0.15, -0.1) is 23.2 Å². The number of aliphatic hydroxyl groups excluding tert-OH is 2. The molecule has 0 aromatic heterocycles. The van der Waals surface area contributed by atoms with Crippen molar-refractivity contribution in [3.05, 3.63) is 190 Å². The molecule has 0 amide bonds. The van der Waals surface area contributed by atoms with Crippen molar-refractivity contribution in [1.29, 1.82) is 1.34 Å². The van der Waals surface area contributed by atoms with Gasteiger partial charge < -0.3 is 34.1 Å². The van der Waals surface area contributed by atoms with Crippen LogP contribution < -0.4 is 0 Å². The Balaban J connectivity index is 0.00000137. The van der Waals surface area contributed by atoms with Crippen molar-refractivity contribution in [1.82, 2.24) is 4.90 Å². The van der Waals surface area contributed by atoms with Gasteiger partial charge in [0, 0.05) is 72.2 Å². The van der Waals surface area contributed by atoms with Crippen LogP contribution >= 0.6 is 23.2 Å². The summed E-state index contributed by atoms with van der Waals surface area (Å²) in [6.45, 7) is 22.9. The third kappa shape index (κ3) is 39.1. The van der Waals surface area contributed by atoms with E-state index < -0.39 is 48.3 Å². The Morgan fingerprint density at radius 2 is 1.03 bits per heavy atom. The molecule has 16 heteroatoms. The standard InChI is InChI=1S/C34H46O5.C28H38O.C9H16N2.C6H8O4.CH2Cl2.CH4.BH.U/c1-25(2)14-12-15-26(3)21-22-32(30-18-10-7-11-19-30)24-31(29-16-8-6-9-17-29)20-13-23-38-34(37)28(5)39-33(36)27(4)35;1-23(2)12-10-13-24(3)19-20-28(26-16-8-5-9-17-26)22-27(18-11-21-29)25-14-6-4-7-15-25;1-2-5-9-10-6-4-8-11(9)7-3-1;1-3-5(7)10-4(2)6(8)9-3;2-1-3;;;/h6-11,14,16-19,21,27-28,31-32,35H,12-13,15,20,22-24H2,1-5H3;4-9,12,14-17,19,27-29H,10-11,13,18,20-22H2,1-3H3;1-8H2;3-4H,1-2H3;1H2;1H4;1H;/b26-21+;24-19+;;;;;;/i;;;;;;1D;. The van der Waals surface area contributed by atoms with Gasteiger partial charge in [-0.2, -0.15) is 0 Å². The zero-order chi connectivity index (χ0) is 69.5. The minimum Gasteiger partial charge on any atom is -0.463 e. The molecule has 7 rings (SSSR count). The quantitative estimate of drug-likeness (QED) is 0.0139. The fourth-order valence-electron chi connectivity index (χ4n) is 11.1. The van der Waals surface area contributed by atoms with Crippen molar-refractivity contribution in [3.63, 3.8) is 0 Å². The van der Waals surface area contributed by atoms with Gasteiger partial charge in [0.05, 0.1) is 17.8 Å². The number of alkyl halides is 2. The van der Waals surface area contributed by atoms with Gasteiger partial charge in [0.15, 0.2) is 18.3 Å². The average Bonchev–Trinajstić information content (AvgIpc) is 1.24. The molecule has 522 valence electrons. The summed E-state index contributed by atoms with van der Waals surface area (Å²) >= 11 is 9.53. The first kappa shape index (κ1) is 87.8. The number of aliphatic imine (C=N–C) groups is 1. The summed E-state index contributed by atoms with van der Waals surface area (Å²) in [5.74, 6) is 0.657. The summed E-state index contributed by atoms with van der Waals surface area (Å²) in [4.78, 5) is 52.1. The molecule has 0 bridgehead atoms. The van der Waals surface area contributed by atoms with Gasteiger partial charge in [-0.25, -0.2) is 19.2 Å². The predicted molar refractivity (Wildman–Crippen MR) is 392 cm³/mol. The maximum atomic E-state index is 12.2. The van der Waals surface area contributed by atoms with Crippen molar-refractivity contribution in [2.24, 2.45) is 4.99 Å². The largest absolute Gasteiger partial charge is 0.463 e. The van der Waals surface area contributed by atoms with E-state index in [1.165, 1.54) is 123 Å². The molecule has 2 fully saturated rings. The fraction of sp³-hybridized carbons (Fsp3) is 0.532. The second-order valence-electron chi connectivity index (χ2n) is 24.8. The number of hydrogen-bond acceptors (Lipinski definition) is 12. The number of esters is 4. The van der Waals surface area contributed by atoms with Gasteiger partial charge >= 0.3 is 23.9 Å². The summed E-state index contributed by atoms with van der Waals surface area (Å²) in [6.07, 6.45) is 24.3. The van der Waals surface area contributed by atoms with E-state index in [0.717, 1.165) is 77.2 Å². The SMILES string of the molecule is C.C1CCC2=NCCCN2CC1.CC(C)=CCC/C(C)=C/CC(CC(CCCO)c1ccccc1)c1ccccc1.CC(C)=CCC/C(C)=C/CC(CC(CCCOC(=O)C(C)OC(=O)C(C)O)c1ccccc1)c1ccccc1.CC1OC(=O)C(C)OC1=O.ClCCl.[2H][B].[U]. The topological polar surface area (TPSA) is 161 Å². The van der Waals surface area contributed by atoms with Crippen molar-refractivity contribution >= 4 is 61.3 Å². The van der Waals surface area contributed by atoms with Crippen LogP contribution in [0.1, 0.15) is 232 Å². The van der Waals surface area contributed by atoms with Crippen molar-refractivity contribution in [2.45, 2.75) is 234 Å². The first-order valence-corrected chi connectivity index (χ1v) is 34.6. The number of benzene rings is 4. The number of hydrogen-bond donors (Lipinski definition) is 2. The normalized spacial score (nSPS) is 16.8. The van der Waals surface area contributed by atoms with Gasteiger partial charge in [0.1, 0.15) is 6.10 Å². The summed E-state index contributed by atoms with van der Waals surface area (Å²) in [6, 6.07) is 43.0. The van der Waals surface area contributed by atoms with E-state index >= 15 is 0 Å². The van der Waals surface area contributed by atoms with Crippen LogP contribution in [0.25, 0.3) is 0 Å². The molecule has 2 saturated heterocycles. The van der Waals surface area contributed by atoms with Gasteiger partial charge in [-0.3, -0.25) is 4.99 Å². The number of ether oxygens (including phenoxy) is 4. The van der Waals surface area contributed by atoms with E-state index in [9.17, 15) is 29.4 Å². The van der Waals surface area contributed by atoms with Crippen molar-refractivity contribution in [2.75, 3.05) is 38.2 Å². The Morgan fingerprint density at radius 3 is 1.43 bits per heavy atom. The zero-order valence-electron chi connectivity index (χ0n) is 59.1. The van der Waals surface area contributed by atoms with Crippen LogP contribution in [0.2, 0.25) is 0 Å². The molecule has 8 atom stereocenters. The number of halogens is 2. The average molecular weight is 1570 g/mol. The second-order valence-corrected chi connectivity index (χ2v) is 25.6. The van der Waals surface area contributed by atoms with E-state index in [1.54, 1.807) is 0 Å². The number of carbonyl (C=O) groups is 4. The molecule has 0 aliphatic carbocycles. The van der Waals surface area contributed by atoms with Gasteiger partial charge in [-0.05, 0) is 213 Å². The molecular weight excluding hydrogens is 1460 g/mol. The number of fused-ring (bicyclic) bond motifs is 1. The van der Waals surface area contributed by atoms with Crippen LogP contribution in [0.3, 0.4) is 0 Å². The van der Waals surface area contributed by atoms with Crippen LogP contribution in [0.5, 0.6) is 0 Å². The first-order chi connectivity index (χ1) is 45.3. The van der Waals surface area contributed by atoms with Crippen LogP contribution in [-0.4, -0.2) is 117 Å². The van der Waals surface area contributed by atoms with Crippen LogP contribution in [0, 0.1) is 31.1 Å². The van der Waals surface area contributed by atoms with Gasteiger partial charge in [0.2, 0.25) is 0 Å². The third-order valence-corrected chi connectivity index (χ3v) is 16.3. The van der Waals surface area contributed by atoms with Crippen molar-refractivity contribution < 1.29 is 79.5 Å². The Morgan fingerprint density at radius 1 is 0.632 bits per heavy atom. The van der Waals surface area contributed by atoms with Crippen LogP contribution in [-0.2, 0) is 38.1 Å². The molecule has 3 heterocycles. The Bertz CT molecular complexity index is 2840. The van der Waals surface area contributed by atoms with Crippen LogP contribution in [0.15, 0.2) is 173 Å².